The molecule has 0 amide bonds. The highest BCUT2D eigenvalue weighted by molar-refractivity contribution is 9.11. The van der Waals surface area contributed by atoms with Crippen molar-refractivity contribution in [3.63, 3.8) is 0 Å². The highest BCUT2D eigenvalue weighted by atomic mass is 79.9. The second kappa shape index (κ2) is 7.82. The zero-order chi connectivity index (χ0) is 20.7. The lowest BCUT2D eigenvalue weighted by molar-refractivity contribution is 0.442. The van der Waals surface area contributed by atoms with Gasteiger partial charge in [-0.15, -0.1) is 0 Å². The minimum Gasteiger partial charge on any atom is -0.506 e. The molecule has 0 saturated heterocycles. The number of aliphatic imine (C=N–C) groups is 1. The minimum atomic E-state index is -0.113. The van der Waals surface area contributed by atoms with Crippen molar-refractivity contribution in [2.75, 3.05) is 0 Å². The number of rotatable bonds is 3. The number of oxazole rings is 1. The van der Waals surface area contributed by atoms with Crippen LogP contribution in [0.5, 0.6) is 11.5 Å². The molecule has 1 heterocycles. The van der Waals surface area contributed by atoms with Gasteiger partial charge in [0.15, 0.2) is 5.58 Å². The van der Waals surface area contributed by atoms with Crippen LogP contribution in [0.1, 0.15) is 11.1 Å². The van der Waals surface area contributed by atoms with Crippen molar-refractivity contribution in [2.45, 2.75) is 6.92 Å². The van der Waals surface area contributed by atoms with E-state index in [9.17, 15) is 10.2 Å². The van der Waals surface area contributed by atoms with Gasteiger partial charge in [-0.25, -0.2) is 4.98 Å². The largest absolute Gasteiger partial charge is 0.506 e. The zero-order valence-electron chi connectivity index (χ0n) is 14.9. The van der Waals surface area contributed by atoms with E-state index in [1.807, 2.05) is 25.1 Å². The monoisotopic (exact) mass is 534 g/mol. The molecule has 3 aromatic carbocycles. The molecule has 5 nitrogen and oxygen atoms in total. The predicted octanol–water partition coefficient (Wildman–Crippen LogP) is 7.14. The molecule has 0 radical (unpaired) electrons. The molecule has 4 rings (SSSR count). The summed E-state index contributed by atoms with van der Waals surface area (Å²) in [7, 11) is 0. The summed E-state index contributed by atoms with van der Waals surface area (Å²) in [4.78, 5) is 8.94. The molecule has 0 atom stereocenters. The fourth-order valence-corrected chi connectivity index (χ4v) is 4.12. The maximum atomic E-state index is 10.2. The first-order chi connectivity index (χ1) is 13.8. The van der Waals surface area contributed by atoms with Gasteiger partial charge in [-0.2, -0.15) is 0 Å². The highest BCUT2D eigenvalue weighted by Gasteiger charge is 2.14. The number of benzene rings is 3. The summed E-state index contributed by atoms with van der Waals surface area (Å²) in [6, 6.07) is 12.6. The third-order valence-electron chi connectivity index (χ3n) is 4.27. The molecule has 0 aliphatic rings. The fourth-order valence-electron chi connectivity index (χ4n) is 2.77. The highest BCUT2D eigenvalue weighted by Crippen LogP contribution is 2.41. The Morgan fingerprint density at radius 1 is 1.07 bits per heavy atom. The number of phenolic OH excluding ortho intramolecular Hbond substituents is 2. The molecule has 0 aliphatic carbocycles. The Bertz CT molecular complexity index is 1280. The number of aryl methyl sites for hydroxylation is 1. The van der Waals surface area contributed by atoms with Crippen LogP contribution in [0.4, 0.5) is 5.69 Å². The standard InChI is InChI=1S/C21H13Br2ClN2O3/c1-10-2-5-17-16(6-10)26-21(29-17)13-8-12(3-4-15(13)24)25-9-11-7-14(22)20(28)18(23)19(11)27/h2-9,27-28H,1H3. The van der Waals surface area contributed by atoms with Crippen LogP contribution in [0, 0.1) is 6.92 Å². The quantitative estimate of drug-likeness (QED) is 0.273. The van der Waals surface area contributed by atoms with Gasteiger partial charge in [-0.05, 0) is 80.7 Å². The van der Waals surface area contributed by atoms with E-state index in [-0.39, 0.29) is 16.0 Å². The van der Waals surface area contributed by atoms with Gasteiger partial charge in [-0.3, -0.25) is 4.99 Å². The fraction of sp³-hybridized carbons (Fsp3) is 0.0476. The van der Waals surface area contributed by atoms with Gasteiger partial charge in [0.05, 0.1) is 20.7 Å². The second-order valence-corrected chi connectivity index (χ2v) is 8.43. The molecule has 0 unspecified atom stereocenters. The van der Waals surface area contributed by atoms with E-state index in [1.165, 1.54) is 6.21 Å². The van der Waals surface area contributed by atoms with Crippen LogP contribution in [-0.2, 0) is 0 Å². The van der Waals surface area contributed by atoms with Crippen molar-refractivity contribution in [1.29, 1.82) is 0 Å². The summed E-state index contributed by atoms with van der Waals surface area (Å²) in [5.41, 5.74) is 4.17. The normalized spacial score (nSPS) is 11.6. The minimum absolute atomic E-state index is 0.0837. The molecule has 0 saturated carbocycles. The van der Waals surface area contributed by atoms with Gasteiger partial charge in [0.1, 0.15) is 21.5 Å². The Labute approximate surface area is 187 Å². The van der Waals surface area contributed by atoms with Crippen LogP contribution in [0.2, 0.25) is 5.02 Å². The summed E-state index contributed by atoms with van der Waals surface area (Å²) in [5.74, 6) is 0.211. The van der Waals surface area contributed by atoms with Crippen LogP contribution in [-0.4, -0.2) is 21.4 Å². The van der Waals surface area contributed by atoms with Crippen molar-refractivity contribution in [2.24, 2.45) is 4.99 Å². The van der Waals surface area contributed by atoms with Gasteiger partial charge < -0.3 is 14.6 Å². The van der Waals surface area contributed by atoms with Gasteiger partial charge in [0.25, 0.3) is 0 Å². The number of halogens is 3. The molecule has 4 aromatic rings. The van der Waals surface area contributed by atoms with Crippen molar-refractivity contribution >= 4 is 66.5 Å². The number of hydrogen-bond donors (Lipinski definition) is 2. The molecular formula is C21H13Br2ClN2O3. The number of phenols is 2. The van der Waals surface area contributed by atoms with Crippen LogP contribution >= 0.6 is 43.5 Å². The van der Waals surface area contributed by atoms with E-state index in [0.29, 0.717) is 37.8 Å². The molecule has 2 N–H and O–H groups in total. The van der Waals surface area contributed by atoms with Crippen molar-refractivity contribution in [3.8, 4) is 23.0 Å². The number of fused-ring (bicyclic) bond motifs is 1. The molecular weight excluding hydrogens is 524 g/mol. The molecule has 0 aliphatic heterocycles. The SMILES string of the molecule is Cc1ccc2oc(-c3cc(N=Cc4cc(Br)c(O)c(Br)c4O)ccc3Cl)nc2c1. The lowest BCUT2D eigenvalue weighted by Crippen LogP contribution is -1.86. The average Bonchev–Trinajstić information content (AvgIpc) is 3.12. The zero-order valence-corrected chi connectivity index (χ0v) is 18.9. The summed E-state index contributed by atoms with van der Waals surface area (Å²) < 4.78 is 6.46. The second-order valence-electron chi connectivity index (χ2n) is 6.37. The molecule has 1 aromatic heterocycles. The first-order valence-corrected chi connectivity index (χ1v) is 10.4. The molecule has 0 spiro atoms. The van der Waals surface area contributed by atoms with Gasteiger partial charge in [0.2, 0.25) is 5.89 Å². The van der Waals surface area contributed by atoms with E-state index < -0.39 is 0 Å². The van der Waals surface area contributed by atoms with Gasteiger partial charge in [-0.1, -0.05) is 17.7 Å². The molecule has 146 valence electrons. The Morgan fingerprint density at radius 3 is 2.66 bits per heavy atom. The van der Waals surface area contributed by atoms with Gasteiger partial charge >= 0.3 is 0 Å². The summed E-state index contributed by atoms with van der Waals surface area (Å²) in [6.07, 6.45) is 1.49. The lowest BCUT2D eigenvalue weighted by atomic mass is 10.2. The first-order valence-electron chi connectivity index (χ1n) is 8.44. The number of nitrogens with zero attached hydrogens (tertiary/aromatic N) is 2. The molecule has 8 heteroatoms. The first kappa shape index (κ1) is 19.9. The van der Waals surface area contributed by atoms with E-state index in [4.69, 9.17) is 16.0 Å². The van der Waals surface area contributed by atoms with Crippen molar-refractivity contribution < 1.29 is 14.6 Å². The van der Waals surface area contributed by atoms with Crippen molar-refractivity contribution in [1.82, 2.24) is 4.98 Å². The summed E-state index contributed by atoms with van der Waals surface area (Å²) in [6.45, 7) is 1.99. The maximum absolute atomic E-state index is 10.2. The Morgan fingerprint density at radius 2 is 1.86 bits per heavy atom. The van der Waals surface area contributed by atoms with E-state index in [0.717, 1.165) is 11.1 Å². The third-order valence-corrected chi connectivity index (χ3v) is 5.96. The van der Waals surface area contributed by atoms with E-state index in [2.05, 4.69) is 41.8 Å². The average molecular weight is 537 g/mol. The third kappa shape index (κ3) is 3.90. The van der Waals surface area contributed by atoms with Crippen molar-refractivity contribution in [3.05, 3.63) is 67.6 Å². The van der Waals surface area contributed by atoms with Crippen LogP contribution < -0.4 is 0 Å². The number of aromatic nitrogens is 1. The maximum Gasteiger partial charge on any atom is 0.228 e. The molecule has 29 heavy (non-hydrogen) atoms. The van der Waals surface area contributed by atoms with E-state index >= 15 is 0 Å². The van der Waals surface area contributed by atoms with Gasteiger partial charge in [0, 0.05) is 11.8 Å². The summed E-state index contributed by atoms with van der Waals surface area (Å²) >= 11 is 12.7. The molecule has 0 fully saturated rings. The Hall–Kier alpha value is -2.35. The smallest absolute Gasteiger partial charge is 0.228 e. The lowest BCUT2D eigenvalue weighted by Gasteiger charge is -2.06. The van der Waals surface area contributed by atoms with Crippen LogP contribution in [0.3, 0.4) is 0 Å². The molecule has 0 bridgehead atoms. The Kier molecular flexibility index (Phi) is 5.38. The topological polar surface area (TPSA) is 78.9 Å². The van der Waals surface area contributed by atoms with Crippen LogP contribution in [0.25, 0.3) is 22.6 Å². The Balaban J connectivity index is 1.73. The van der Waals surface area contributed by atoms with Crippen LogP contribution in [0.15, 0.2) is 60.8 Å². The summed E-state index contributed by atoms with van der Waals surface area (Å²) in [5, 5.41) is 20.5. The van der Waals surface area contributed by atoms with E-state index in [1.54, 1.807) is 24.3 Å². The predicted molar refractivity (Wildman–Crippen MR) is 122 cm³/mol. The number of hydrogen-bond acceptors (Lipinski definition) is 5. The number of aromatic hydroxyl groups is 2.